The zero-order valence-electron chi connectivity index (χ0n) is 9.27. The second-order valence-electron chi connectivity index (χ2n) is 3.79. The molecule has 1 atom stereocenters. The van der Waals surface area contributed by atoms with E-state index in [1.165, 1.54) is 0 Å². The van der Waals surface area contributed by atoms with E-state index in [0.29, 0.717) is 6.07 Å². The van der Waals surface area contributed by atoms with Crippen LogP contribution in [-0.2, 0) is 6.18 Å². The lowest BCUT2D eigenvalue weighted by Gasteiger charge is -2.19. The number of hydrogen-bond acceptors (Lipinski definition) is 2. The summed E-state index contributed by atoms with van der Waals surface area (Å²) in [5.41, 5.74) is 3.76. The van der Waals surface area contributed by atoms with Crippen molar-refractivity contribution in [1.29, 1.82) is 0 Å². The molecule has 18 heavy (non-hydrogen) atoms. The molecular weight excluding hydrogens is 274 g/mol. The zero-order chi connectivity index (χ0) is 13.9. The van der Waals surface area contributed by atoms with E-state index in [1.807, 2.05) is 0 Å². The van der Waals surface area contributed by atoms with E-state index in [2.05, 4.69) is 0 Å². The third-order valence-corrected chi connectivity index (χ3v) is 2.77. The lowest BCUT2D eigenvalue weighted by atomic mass is 9.96. The van der Waals surface area contributed by atoms with Gasteiger partial charge in [0, 0.05) is 18.2 Å². The van der Waals surface area contributed by atoms with E-state index in [4.69, 9.17) is 22.4 Å². The van der Waals surface area contributed by atoms with Gasteiger partial charge >= 0.3 is 6.18 Å². The molecule has 3 N–H and O–H groups in total. The molecule has 0 saturated carbocycles. The summed E-state index contributed by atoms with van der Waals surface area (Å²) in [6, 6.07) is 0.397. The number of alkyl halides is 3. The number of halogens is 5. The fourth-order valence-electron chi connectivity index (χ4n) is 1.63. The normalized spacial score (nSPS) is 13.7. The van der Waals surface area contributed by atoms with Crippen molar-refractivity contribution >= 4 is 11.6 Å². The Labute approximate surface area is 106 Å². The Kier molecular flexibility index (Phi) is 4.95. The van der Waals surface area contributed by atoms with Crippen LogP contribution < -0.4 is 5.73 Å². The zero-order valence-corrected chi connectivity index (χ0v) is 10.0. The molecule has 1 aromatic carbocycles. The van der Waals surface area contributed by atoms with Crippen LogP contribution in [0.15, 0.2) is 12.1 Å². The third kappa shape index (κ3) is 3.34. The predicted molar refractivity (Wildman–Crippen MR) is 59.7 cm³/mol. The molecule has 0 aliphatic rings. The number of nitrogens with two attached hydrogens (primary N) is 1. The van der Waals surface area contributed by atoms with Crippen molar-refractivity contribution in [3.05, 3.63) is 34.1 Å². The fourth-order valence-corrected chi connectivity index (χ4v) is 1.80. The molecule has 0 amide bonds. The number of benzene rings is 1. The van der Waals surface area contributed by atoms with Crippen molar-refractivity contribution in [3.63, 3.8) is 0 Å². The molecule has 0 fully saturated rings. The highest BCUT2D eigenvalue weighted by molar-refractivity contribution is 6.30. The largest absolute Gasteiger partial charge is 0.416 e. The molecule has 2 nitrogen and oxygen atoms in total. The minimum Gasteiger partial charge on any atom is -0.396 e. The summed E-state index contributed by atoms with van der Waals surface area (Å²) in [5, 5.41) is 8.21. The SMILES string of the molecule is N[C@@H](CCCO)c1c(C(F)(F)F)ccc(Cl)c1F. The molecule has 0 heterocycles. The van der Waals surface area contributed by atoms with Crippen molar-refractivity contribution in [2.24, 2.45) is 5.73 Å². The number of aliphatic hydroxyl groups is 1. The molecular formula is C11H12ClF4NO. The second-order valence-corrected chi connectivity index (χ2v) is 4.20. The number of aliphatic hydroxyl groups excluding tert-OH is 1. The van der Waals surface area contributed by atoms with Crippen LogP contribution in [0.2, 0.25) is 5.02 Å². The van der Waals surface area contributed by atoms with Gasteiger partial charge in [-0.25, -0.2) is 4.39 Å². The molecule has 102 valence electrons. The van der Waals surface area contributed by atoms with Gasteiger partial charge in [0.15, 0.2) is 0 Å². The molecule has 1 aromatic rings. The summed E-state index contributed by atoms with van der Waals surface area (Å²) in [6.07, 6.45) is -4.47. The summed E-state index contributed by atoms with van der Waals surface area (Å²) in [5.74, 6) is -1.16. The van der Waals surface area contributed by atoms with Crippen molar-refractivity contribution in [2.75, 3.05) is 6.61 Å². The van der Waals surface area contributed by atoms with E-state index >= 15 is 0 Å². The van der Waals surface area contributed by atoms with Gasteiger partial charge in [0.25, 0.3) is 0 Å². The Morgan fingerprint density at radius 2 is 1.94 bits per heavy atom. The van der Waals surface area contributed by atoms with E-state index in [-0.39, 0.29) is 19.4 Å². The van der Waals surface area contributed by atoms with Crippen LogP contribution in [0.3, 0.4) is 0 Å². The average molecular weight is 286 g/mol. The smallest absolute Gasteiger partial charge is 0.396 e. The van der Waals surface area contributed by atoms with Gasteiger partial charge in [0.1, 0.15) is 5.82 Å². The Morgan fingerprint density at radius 3 is 2.44 bits per heavy atom. The average Bonchev–Trinajstić information content (AvgIpc) is 2.27. The molecule has 0 aromatic heterocycles. The lowest BCUT2D eigenvalue weighted by molar-refractivity contribution is -0.138. The van der Waals surface area contributed by atoms with E-state index < -0.39 is 34.2 Å². The highest BCUT2D eigenvalue weighted by atomic mass is 35.5. The Balaban J connectivity index is 3.25. The lowest BCUT2D eigenvalue weighted by Crippen LogP contribution is -2.20. The van der Waals surface area contributed by atoms with Crippen LogP contribution in [-0.4, -0.2) is 11.7 Å². The first-order valence-corrected chi connectivity index (χ1v) is 5.58. The molecule has 0 aliphatic heterocycles. The van der Waals surface area contributed by atoms with Gasteiger partial charge in [-0.3, -0.25) is 0 Å². The Morgan fingerprint density at radius 1 is 1.33 bits per heavy atom. The van der Waals surface area contributed by atoms with Crippen LogP contribution in [0.4, 0.5) is 17.6 Å². The first kappa shape index (κ1) is 15.2. The topological polar surface area (TPSA) is 46.2 Å². The van der Waals surface area contributed by atoms with Gasteiger partial charge in [0.2, 0.25) is 0 Å². The molecule has 1 rings (SSSR count). The molecule has 7 heteroatoms. The van der Waals surface area contributed by atoms with Crippen LogP contribution in [0.25, 0.3) is 0 Å². The molecule has 0 unspecified atom stereocenters. The van der Waals surface area contributed by atoms with E-state index in [0.717, 1.165) is 6.07 Å². The summed E-state index contributed by atoms with van der Waals surface area (Å²) < 4.78 is 51.9. The minimum atomic E-state index is -4.70. The number of hydrogen-bond donors (Lipinski definition) is 2. The van der Waals surface area contributed by atoms with Crippen LogP contribution in [0, 0.1) is 5.82 Å². The Bertz CT molecular complexity index is 422. The first-order valence-electron chi connectivity index (χ1n) is 5.20. The maximum atomic E-state index is 13.7. The standard InChI is InChI=1S/C11H12ClF4NO/c12-7-4-3-6(11(14,15)16)9(10(7)13)8(17)2-1-5-18/h3-4,8,18H,1-2,5,17H2/t8-/m0/s1. The quantitative estimate of drug-likeness (QED) is 0.834. The van der Waals surface area contributed by atoms with Crippen LogP contribution in [0.1, 0.15) is 30.0 Å². The van der Waals surface area contributed by atoms with Gasteiger partial charge in [0.05, 0.1) is 10.6 Å². The van der Waals surface area contributed by atoms with Crippen molar-refractivity contribution in [2.45, 2.75) is 25.1 Å². The maximum Gasteiger partial charge on any atom is 0.416 e. The van der Waals surface area contributed by atoms with Gasteiger partial charge in [-0.2, -0.15) is 13.2 Å². The molecule has 0 aliphatic carbocycles. The highest BCUT2D eigenvalue weighted by Crippen LogP contribution is 2.38. The minimum absolute atomic E-state index is 0.0385. The van der Waals surface area contributed by atoms with Gasteiger partial charge in [-0.15, -0.1) is 0 Å². The van der Waals surface area contributed by atoms with E-state index in [9.17, 15) is 17.6 Å². The van der Waals surface area contributed by atoms with Gasteiger partial charge in [-0.1, -0.05) is 11.6 Å². The van der Waals surface area contributed by atoms with Gasteiger partial charge < -0.3 is 10.8 Å². The third-order valence-electron chi connectivity index (χ3n) is 2.48. The maximum absolute atomic E-state index is 13.7. The predicted octanol–water partition coefficient (Wildman–Crippen LogP) is 3.27. The van der Waals surface area contributed by atoms with Crippen LogP contribution >= 0.6 is 11.6 Å². The highest BCUT2D eigenvalue weighted by Gasteiger charge is 2.36. The van der Waals surface area contributed by atoms with Crippen molar-refractivity contribution < 1.29 is 22.7 Å². The first-order chi connectivity index (χ1) is 8.29. The summed E-state index contributed by atoms with van der Waals surface area (Å²) in [6.45, 7) is -0.225. The van der Waals surface area contributed by atoms with Crippen molar-refractivity contribution in [1.82, 2.24) is 0 Å². The van der Waals surface area contributed by atoms with Crippen molar-refractivity contribution in [3.8, 4) is 0 Å². The Hall–Kier alpha value is -0.850. The van der Waals surface area contributed by atoms with Crippen LogP contribution in [0.5, 0.6) is 0 Å². The molecule has 0 radical (unpaired) electrons. The summed E-state index contributed by atoms with van der Waals surface area (Å²) in [4.78, 5) is 0. The molecule has 0 saturated heterocycles. The fraction of sp³-hybridized carbons (Fsp3) is 0.455. The molecule has 0 bridgehead atoms. The summed E-state index contributed by atoms with van der Waals surface area (Å²) in [7, 11) is 0. The summed E-state index contributed by atoms with van der Waals surface area (Å²) >= 11 is 5.47. The monoisotopic (exact) mass is 285 g/mol. The number of rotatable bonds is 4. The van der Waals surface area contributed by atoms with Gasteiger partial charge in [-0.05, 0) is 25.0 Å². The second kappa shape index (κ2) is 5.86. The van der Waals surface area contributed by atoms with E-state index in [1.54, 1.807) is 0 Å². The molecule has 0 spiro atoms.